The van der Waals surface area contributed by atoms with E-state index in [4.69, 9.17) is 11.6 Å². The van der Waals surface area contributed by atoms with Crippen LogP contribution in [0, 0.1) is 0 Å². The molecule has 126 valence electrons. The fraction of sp³-hybridized carbons (Fsp3) is 0.562. The summed E-state index contributed by atoms with van der Waals surface area (Å²) in [5.74, 6) is 0.00178. The van der Waals surface area contributed by atoms with Crippen molar-refractivity contribution >= 4 is 23.4 Å². The Bertz CT molecular complexity index is 565. The van der Waals surface area contributed by atoms with Crippen molar-refractivity contribution < 1.29 is 9.59 Å². The molecule has 23 heavy (non-hydrogen) atoms. The van der Waals surface area contributed by atoms with Crippen LogP contribution in [0.25, 0.3) is 0 Å². The van der Waals surface area contributed by atoms with Gasteiger partial charge in [0.25, 0.3) is 5.91 Å². The maximum atomic E-state index is 12.1. The number of rotatable bonds is 7. The van der Waals surface area contributed by atoms with Crippen LogP contribution < -0.4 is 5.32 Å². The van der Waals surface area contributed by atoms with Gasteiger partial charge in [-0.2, -0.15) is 0 Å². The van der Waals surface area contributed by atoms with Crippen molar-refractivity contribution in [3.05, 3.63) is 29.0 Å². The Labute approximate surface area is 141 Å². The number of nitrogens with one attached hydrogen (secondary N) is 1. The Morgan fingerprint density at radius 2 is 2.30 bits per heavy atom. The molecule has 1 atom stereocenters. The second-order valence-corrected chi connectivity index (χ2v) is 6.39. The van der Waals surface area contributed by atoms with Crippen LogP contribution in [0.1, 0.15) is 29.6 Å². The zero-order chi connectivity index (χ0) is 16.8. The number of carbonyl (C=O) groups is 2. The van der Waals surface area contributed by atoms with E-state index in [2.05, 4.69) is 15.2 Å². The van der Waals surface area contributed by atoms with Gasteiger partial charge in [-0.15, -0.1) is 0 Å². The Morgan fingerprint density at radius 1 is 1.52 bits per heavy atom. The molecule has 0 radical (unpaired) electrons. The Hall–Kier alpha value is -1.66. The van der Waals surface area contributed by atoms with E-state index in [1.54, 1.807) is 12.3 Å². The lowest BCUT2D eigenvalue weighted by atomic mass is 10.1. The van der Waals surface area contributed by atoms with Gasteiger partial charge in [0.15, 0.2) is 0 Å². The third kappa shape index (κ3) is 4.91. The van der Waals surface area contributed by atoms with E-state index in [1.807, 2.05) is 19.0 Å². The summed E-state index contributed by atoms with van der Waals surface area (Å²) in [5, 5.41) is 3.21. The van der Waals surface area contributed by atoms with Gasteiger partial charge in [-0.3, -0.25) is 14.6 Å². The van der Waals surface area contributed by atoms with Crippen LogP contribution in [0.2, 0.25) is 5.02 Å². The number of hydrogen-bond donors (Lipinski definition) is 1. The molecular weight excluding hydrogens is 316 g/mol. The molecule has 1 aromatic rings. The van der Waals surface area contributed by atoms with E-state index in [-0.39, 0.29) is 17.9 Å². The van der Waals surface area contributed by atoms with Gasteiger partial charge in [-0.05, 0) is 33.0 Å². The molecule has 1 aromatic heterocycles. The molecule has 0 unspecified atom stereocenters. The minimum absolute atomic E-state index is 0.204. The quantitative estimate of drug-likeness (QED) is 0.816. The average Bonchev–Trinajstić information content (AvgIpc) is 2.86. The zero-order valence-corrected chi connectivity index (χ0v) is 14.3. The zero-order valence-electron chi connectivity index (χ0n) is 13.6. The van der Waals surface area contributed by atoms with Gasteiger partial charge in [-0.1, -0.05) is 11.6 Å². The molecule has 2 rings (SSSR count). The molecule has 2 amide bonds. The summed E-state index contributed by atoms with van der Waals surface area (Å²) in [5.41, 5.74) is 0.425. The summed E-state index contributed by atoms with van der Waals surface area (Å²) in [6.45, 7) is 2.11. The second-order valence-electron chi connectivity index (χ2n) is 5.98. The summed E-state index contributed by atoms with van der Waals surface area (Å²) in [6, 6.07) is 1.80. The van der Waals surface area contributed by atoms with Crippen molar-refractivity contribution in [2.24, 2.45) is 0 Å². The summed E-state index contributed by atoms with van der Waals surface area (Å²) >= 11 is 5.96. The molecular formula is C16H23ClN4O2. The maximum absolute atomic E-state index is 12.1. The van der Waals surface area contributed by atoms with Crippen molar-refractivity contribution in [1.82, 2.24) is 20.1 Å². The highest BCUT2D eigenvalue weighted by molar-refractivity contribution is 6.33. The number of aromatic nitrogens is 1. The van der Waals surface area contributed by atoms with Crippen LogP contribution in [-0.4, -0.2) is 66.4 Å². The van der Waals surface area contributed by atoms with Gasteiger partial charge in [0.2, 0.25) is 5.91 Å². The molecule has 6 nitrogen and oxygen atoms in total. The fourth-order valence-corrected chi connectivity index (χ4v) is 2.92. The van der Waals surface area contributed by atoms with Crippen molar-refractivity contribution in [2.75, 3.05) is 33.7 Å². The number of halogens is 1. The van der Waals surface area contributed by atoms with Gasteiger partial charge < -0.3 is 15.1 Å². The predicted molar refractivity (Wildman–Crippen MR) is 89.5 cm³/mol. The highest BCUT2D eigenvalue weighted by Crippen LogP contribution is 2.21. The molecule has 0 spiro atoms. The highest BCUT2D eigenvalue weighted by atomic mass is 35.5. The van der Waals surface area contributed by atoms with E-state index in [9.17, 15) is 9.59 Å². The third-order valence-corrected chi connectivity index (χ3v) is 4.32. The van der Waals surface area contributed by atoms with E-state index in [1.165, 1.54) is 6.20 Å². The minimum Gasteiger partial charge on any atom is -0.352 e. The predicted octanol–water partition coefficient (Wildman–Crippen LogP) is 1.41. The van der Waals surface area contributed by atoms with Crippen LogP contribution in [0.4, 0.5) is 0 Å². The van der Waals surface area contributed by atoms with Crippen molar-refractivity contribution in [1.29, 1.82) is 0 Å². The summed E-state index contributed by atoms with van der Waals surface area (Å²) in [6.07, 6.45) is 5.21. The fourth-order valence-electron chi connectivity index (χ4n) is 2.72. The largest absolute Gasteiger partial charge is 0.352 e. The summed E-state index contributed by atoms with van der Waals surface area (Å²) < 4.78 is 0. The topological polar surface area (TPSA) is 65.5 Å². The molecule has 7 heteroatoms. The molecule has 0 aliphatic carbocycles. The first-order valence-electron chi connectivity index (χ1n) is 7.81. The van der Waals surface area contributed by atoms with Crippen molar-refractivity contribution in [3.63, 3.8) is 0 Å². The molecule has 0 bridgehead atoms. The van der Waals surface area contributed by atoms with Crippen molar-refractivity contribution in [3.8, 4) is 0 Å². The van der Waals surface area contributed by atoms with Gasteiger partial charge >= 0.3 is 0 Å². The monoisotopic (exact) mass is 338 g/mol. The van der Waals surface area contributed by atoms with Crippen LogP contribution in [0.3, 0.4) is 0 Å². The summed E-state index contributed by atoms with van der Waals surface area (Å²) in [4.78, 5) is 31.9. The SMILES string of the molecule is CN(C)CCN1C(=O)CC[C@H]1CCNC(=O)c1ccncc1Cl. The Morgan fingerprint density at radius 3 is 3.00 bits per heavy atom. The van der Waals surface area contributed by atoms with Gasteiger partial charge in [0.05, 0.1) is 10.6 Å². The Kier molecular flexibility index (Phi) is 6.36. The van der Waals surface area contributed by atoms with Gasteiger partial charge in [-0.25, -0.2) is 0 Å². The lowest BCUT2D eigenvalue weighted by Crippen LogP contribution is -2.40. The van der Waals surface area contributed by atoms with Crippen molar-refractivity contribution in [2.45, 2.75) is 25.3 Å². The van der Waals surface area contributed by atoms with Crippen LogP contribution in [-0.2, 0) is 4.79 Å². The van der Waals surface area contributed by atoms with E-state index in [0.717, 1.165) is 25.9 Å². The van der Waals surface area contributed by atoms with Crippen LogP contribution in [0.15, 0.2) is 18.5 Å². The first-order valence-corrected chi connectivity index (χ1v) is 8.18. The van der Waals surface area contributed by atoms with E-state index in [0.29, 0.717) is 23.6 Å². The number of pyridine rings is 1. The molecule has 1 aliphatic heterocycles. The number of likely N-dealkylation sites (tertiary alicyclic amines) is 1. The van der Waals surface area contributed by atoms with Gasteiger partial charge in [0.1, 0.15) is 0 Å². The maximum Gasteiger partial charge on any atom is 0.252 e. The lowest BCUT2D eigenvalue weighted by molar-refractivity contribution is -0.129. The number of nitrogens with zero attached hydrogens (tertiary/aromatic N) is 3. The van der Waals surface area contributed by atoms with E-state index < -0.39 is 0 Å². The molecule has 1 aliphatic rings. The number of amides is 2. The van der Waals surface area contributed by atoms with E-state index >= 15 is 0 Å². The Balaban J connectivity index is 1.82. The highest BCUT2D eigenvalue weighted by Gasteiger charge is 2.30. The standard InChI is InChI=1S/C16H23ClN4O2/c1-20(2)9-10-21-12(3-4-15(21)22)5-8-19-16(23)13-6-7-18-11-14(13)17/h6-7,11-12H,3-5,8-10H2,1-2H3,(H,19,23)/t12-/m0/s1. The third-order valence-electron chi connectivity index (χ3n) is 4.02. The van der Waals surface area contributed by atoms with Crippen LogP contribution >= 0.6 is 11.6 Å². The number of hydrogen-bond acceptors (Lipinski definition) is 4. The molecule has 1 saturated heterocycles. The van der Waals surface area contributed by atoms with Gasteiger partial charge in [0, 0.05) is 44.5 Å². The second kappa shape index (κ2) is 8.26. The molecule has 2 heterocycles. The molecule has 0 aromatic carbocycles. The molecule has 0 saturated carbocycles. The van der Waals surface area contributed by atoms with Crippen LogP contribution in [0.5, 0.6) is 0 Å². The first kappa shape index (κ1) is 17.7. The first-order chi connectivity index (χ1) is 11.0. The lowest BCUT2D eigenvalue weighted by Gasteiger charge is -2.26. The normalized spacial score (nSPS) is 17.8. The average molecular weight is 339 g/mol. The molecule has 1 fully saturated rings. The minimum atomic E-state index is -0.207. The summed E-state index contributed by atoms with van der Waals surface area (Å²) in [7, 11) is 3.99. The smallest absolute Gasteiger partial charge is 0.252 e. The number of carbonyl (C=O) groups excluding carboxylic acids is 2. The molecule has 1 N–H and O–H groups in total. The number of likely N-dealkylation sites (N-methyl/N-ethyl adjacent to an activating group) is 1.